The van der Waals surface area contributed by atoms with Crippen molar-refractivity contribution in [2.24, 2.45) is 11.8 Å². The molecule has 0 N–H and O–H groups in total. The van der Waals surface area contributed by atoms with E-state index in [1.165, 1.54) is 0 Å². The maximum Gasteiger partial charge on any atom is 0.309 e. The first-order chi connectivity index (χ1) is 6.29. The van der Waals surface area contributed by atoms with E-state index in [0.717, 1.165) is 0 Å². The van der Waals surface area contributed by atoms with Gasteiger partial charge in [0.05, 0.1) is 5.92 Å². The first-order valence-electron chi connectivity index (χ1n) is 4.80. The van der Waals surface area contributed by atoms with Gasteiger partial charge in [-0.3, -0.25) is 4.79 Å². The fourth-order valence-electron chi connectivity index (χ4n) is 1.40. The summed E-state index contributed by atoms with van der Waals surface area (Å²) in [5.41, 5.74) is -0.519. The molecule has 1 aliphatic rings. The third-order valence-electron chi connectivity index (χ3n) is 2.11. The second-order valence-corrected chi connectivity index (χ2v) is 4.76. The van der Waals surface area contributed by atoms with Gasteiger partial charge in [-0.2, -0.15) is 0 Å². The van der Waals surface area contributed by atoms with Gasteiger partial charge in [0, 0.05) is 6.42 Å². The van der Waals surface area contributed by atoms with Crippen LogP contribution in [0, 0.1) is 11.8 Å². The SMILES string of the molecule is CC(C)(C)OC(=O)[C@H]1C[C@H]1CC(F)F. The molecule has 0 aromatic carbocycles. The topological polar surface area (TPSA) is 26.3 Å². The molecule has 0 aromatic heterocycles. The van der Waals surface area contributed by atoms with E-state index in [4.69, 9.17) is 4.74 Å². The van der Waals surface area contributed by atoms with Gasteiger partial charge in [-0.25, -0.2) is 8.78 Å². The van der Waals surface area contributed by atoms with Gasteiger partial charge in [0.25, 0.3) is 0 Å². The molecular formula is C10H16F2O2. The normalized spacial score (nSPS) is 26.4. The molecule has 2 nitrogen and oxygen atoms in total. The monoisotopic (exact) mass is 206 g/mol. The van der Waals surface area contributed by atoms with Crippen molar-refractivity contribution in [3.8, 4) is 0 Å². The molecule has 0 aromatic rings. The fraction of sp³-hybridized carbons (Fsp3) is 0.900. The number of hydrogen-bond donors (Lipinski definition) is 0. The number of carbonyl (C=O) groups excluding carboxylic acids is 1. The molecule has 14 heavy (non-hydrogen) atoms. The van der Waals surface area contributed by atoms with E-state index < -0.39 is 12.0 Å². The van der Waals surface area contributed by atoms with Crippen molar-refractivity contribution in [3.63, 3.8) is 0 Å². The Morgan fingerprint density at radius 1 is 1.50 bits per heavy atom. The number of ether oxygens (including phenoxy) is 1. The summed E-state index contributed by atoms with van der Waals surface area (Å²) in [7, 11) is 0. The largest absolute Gasteiger partial charge is 0.460 e. The van der Waals surface area contributed by atoms with Gasteiger partial charge in [0.2, 0.25) is 6.43 Å². The summed E-state index contributed by atoms with van der Waals surface area (Å²) in [5.74, 6) is -0.781. The van der Waals surface area contributed by atoms with Crippen LogP contribution in [0.1, 0.15) is 33.6 Å². The minimum Gasteiger partial charge on any atom is -0.460 e. The van der Waals surface area contributed by atoms with Gasteiger partial charge in [0.1, 0.15) is 5.60 Å². The lowest BCUT2D eigenvalue weighted by Crippen LogP contribution is -2.25. The molecule has 0 radical (unpaired) electrons. The number of esters is 1. The average Bonchev–Trinajstić information content (AvgIpc) is 2.61. The number of hydrogen-bond acceptors (Lipinski definition) is 2. The van der Waals surface area contributed by atoms with Crippen molar-refractivity contribution >= 4 is 5.97 Å². The van der Waals surface area contributed by atoms with E-state index >= 15 is 0 Å². The Balaban J connectivity index is 2.29. The molecule has 0 saturated heterocycles. The van der Waals surface area contributed by atoms with Crippen LogP contribution in [0.25, 0.3) is 0 Å². The van der Waals surface area contributed by atoms with Crippen molar-refractivity contribution < 1.29 is 18.3 Å². The van der Waals surface area contributed by atoms with Crippen LogP contribution < -0.4 is 0 Å². The Morgan fingerprint density at radius 3 is 2.50 bits per heavy atom. The standard InChI is InChI=1S/C10H16F2O2/c1-10(2,3)14-9(13)7-4-6(7)5-8(11)12/h6-8H,4-5H2,1-3H3/t6-,7-/m0/s1. The van der Waals surface area contributed by atoms with Crippen LogP contribution >= 0.6 is 0 Å². The molecule has 2 atom stereocenters. The van der Waals surface area contributed by atoms with Crippen molar-refractivity contribution in [2.45, 2.75) is 45.6 Å². The maximum absolute atomic E-state index is 11.9. The molecule has 1 aliphatic carbocycles. The molecule has 0 spiro atoms. The second-order valence-electron chi connectivity index (χ2n) is 4.76. The van der Waals surface area contributed by atoms with Gasteiger partial charge >= 0.3 is 5.97 Å². The van der Waals surface area contributed by atoms with Crippen LogP contribution in [0.2, 0.25) is 0 Å². The quantitative estimate of drug-likeness (QED) is 0.663. The third kappa shape index (κ3) is 3.60. The molecule has 0 unspecified atom stereocenters. The Labute approximate surface area is 82.6 Å². The predicted molar refractivity (Wildman–Crippen MR) is 48.1 cm³/mol. The summed E-state index contributed by atoms with van der Waals surface area (Å²) in [6.45, 7) is 5.32. The van der Waals surface area contributed by atoms with E-state index in [9.17, 15) is 13.6 Å². The third-order valence-corrected chi connectivity index (χ3v) is 2.11. The summed E-state index contributed by atoms with van der Waals surface area (Å²) in [6.07, 6.45) is -1.93. The van der Waals surface area contributed by atoms with Crippen LogP contribution in [-0.2, 0) is 9.53 Å². The number of alkyl halides is 2. The smallest absolute Gasteiger partial charge is 0.309 e. The molecule has 0 aliphatic heterocycles. The lowest BCUT2D eigenvalue weighted by Gasteiger charge is -2.19. The van der Waals surface area contributed by atoms with Gasteiger partial charge in [-0.1, -0.05) is 0 Å². The highest BCUT2D eigenvalue weighted by Crippen LogP contribution is 2.44. The summed E-state index contributed by atoms with van der Waals surface area (Å²) < 4.78 is 29.0. The predicted octanol–water partition coefficient (Wildman–Crippen LogP) is 2.62. The lowest BCUT2D eigenvalue weighted by atomic mass is 10.2. The van der Waals surface area contributed by atoms with E-state index in [1.807, 2.05) is 0 Å². The van der Waals surface area contributed by atoms with Crippen LogP contribution in [0.4, 0.5) is 8.78 Å². The molecule has 1 rings (SSSR count). The second kappa shape index (κ2) is 3.83. The first-order valence-corrected chi connectivity index (χ1v) is 4.80. The molecule has 4 heteroatoms. The van der Waals surface area contributed by atoms with Crippen molar-refractivity contribution in [2.75, 3.05) is 0 Å². The van der Waals surface area contributed by atoms with E-state index in [0.29, 0.717) is 6.42 Å². The Bertz CT molecular complexity index is 221. The molecule has 1 fully saturated rings. The van der Waals surface area contributed by atoms with Crippen molar-refractivity contribution in [1.29, 1.82) is 0 Å². The zero-order valence-electron chi connectivity index (χ0n) is 8.72. The summed E-state index contributed by atoms with van der Waals surface area (Å²) in [4.78, 5) is 11.3. The minimum absolute atomic E-state index is 0.162. The van der Waals surface area contributed by atoms with Gasteiger partial charge in [-0.15, -0.1) is 0 Å². The Hall–Kier alpha value is -0.670. The van der Waals surface area contributed by atoms with Gasteiger partial charge in [-0.05, 0) is 33.1 Å². The summed E-state index contributed by atoms with van der Waals surface area (Å²) in [6, 6.07) is 0. The molecular weight excluding hydrogens is 190 g/mol. The van der Waals surface area contributed by atoms with Crippen molar-refractivity contribution in [3.05, 3.63) is 0 Å². The lowest BCUT2D eigenvalue weighted by molar-refractivity contribution is -0.156. The zero-order chi connectivity index (χ0) is 10.9. The average molecular weight is 206 g/mol. The summed E-state index contributed by atoms with van der Waals surface area (Å²) >= 11 is 0. The summed E-state index contributed by atoms with van der Waals surface area (Å²) in [5, 5.41) is 0. The fourth-order valence-corrected chi connectivity index (χ4v) is 1.40. The molecule has 82 valence electrons. The maximum atomic E-state index is 11.9. The number of carbonyl (C=O) groups is 1. The highest BCUT2D eigenvalue weighted by atomic mass is 19.3. The van der Waals surface area contributed by atoms with Crippen LogP contribution in [-0.4, -0.2) is 18.0 Å². The highest BCUT2D eigenvalue weighted by Gasteiger charge is 2.46. The van der Waals surface area contributed by atoms with E-state index in [2.05, 4.69) is 0 Å². The minimum atomic E-state index is -2.31. The number of rotatable bonds is 3. The first kappa shape index (κ1) is 11.4. The highest BCUT2D eigenvalue weighted by molar-refractivity contribution is 5.76. The van der Waals surface area contributed by atoms with Crippen LogP contribution in [0.5, 0.6) is 0 Å². The Kier molecular flexibility index (Phi) is 3.12. The van der Waals surface area contributed by atoms with Crippen LogP contribution in [0.3, 0.4) is 0 Å². The Morgan fingerprint density at radius 2 is 2.07 bits per heavy atom. The number of halogens is 2. The van der Waals surface area contributed by atoms with Crippen LogP contribution in [0.15, 0.2) is 0 Å². The molecule has 1 saturated carbocycles. The molecule has 0 bridgehead atoms. The van der Waals surface area contributed by atoms with Gasteiger partial charge < -0.3 is 4.74 Å². The van der Waals surface area contributed by atoms with E-state index in [1.54, 1.807) is 20.8 Å². The van der Waals surface area contributed by atoms with Gasteiger partial charge in [0.15, 0.2) is 0 Å². The van der Waals surface area contributed by atoms with Crippen molar-refractivity contribution in [1.82, 2.24) is 0 Å². The molecule has 0 amide bonds. The molecule has 0 heterocycles. The zero-order valence-corrected chi connectivity index (χ0v) is 8.72. The van der Waals surface area contributed by atoms with E-state index in [-0.39, 0.29) is 24.2 Å².